The molecule has 0 spiro atoms. The van der Waals surface area contributed by atoms with Gasteiger partial charge in [-0.1, -0.05) is 6.07 Å². The molecule has 0 aromatic carbocycles. The first-order valence-electron chi connectivity index (χ1n) is 5.15. The van der Waals surface area contributed by atoms with Gasteiger partial charge < -0.3 is 5.32 Å². The quantitative estimate of drug-likeness (QED) is 0.773. The van der Waals surface area contributed by atoms with E-state index in [2.05, 4.69) is 28.3 Å². The van der Waals surface area contributed by atoms with Gasteiger partial charge in [-0.2, -0.15) is 0 Å². The molecule has 2 heterocycles. The zero-order valence-corrected chi connectivity index (χ0v) is 8.83. The van der Waals surface area contributed by atoms with Gasteiger partial charge >= 0.3 is 0 Å². The Morgan fingerprint density at radius 2 is 2.36 bits per heavy atom. The summed E-state index contributed by atoms with van der Waals surface area (Å²) < 4.78 is 0. The molecule has 0 radical (unpaired) electrons. The molecule has 1 aliphatic rings. The second-order valence-corrected chi connectivity index (χ2v) is 3.87. The average molecular weight is 191 g/mol. The normalized spacial score (nSPS) is 22.6. The van der Waals surface area contributed by atoms with Crippen LogP contribution in [0.1, 0.15) is 24.4 Å². The standard InChI is InChI=1S/C11H17N3/c1-12-11-6-5-9(8-13-11)10-4-3-7-14(10)2/h5-6,8,10H,3-4,7H2,1-2H3,(H,12,13)/t10-/m0/s1. The predicted octanol–water partition coefficient (Wildman–Crippen LogP) is 1.89. The van der Waals surface area contributed by atoms with Gasteiger partial charge in [0.25, 0.3) is 0 Å². The van der Waals surface area contributed by atoms with Crippen molar-refractivity contribution in [1.29, 1.82) is 0 Å². The van der Waals surface area contributed by atoms with E-state index in [9.17, 15) is 0 Å². The number of likely N-dealkylation sites (tertiary alicyclic amines) is 1. The molecule has 76 valence electrons. The summed E-state index contributed by atoms with van der Waals surface area (Å²) in [5.41, 5.74) is 1.34. The third-order valence-corrected chi connectivity index (χ3v) is 2.95. The van der Waals surface area contributed by atoms with E-state index in [0.717, 1.165) is 5.82 Å². The van der Waals surface area contributed by atoms with Crippen LogP contribution in [0.4, 0.5) is 5.82 Å². The summed E-state index contributed by atoms with van der Waals surface area (Å²) in [6.07, 6.45) is 4.55. The van der Waals surface area contributed by atoms with E-state index in [1.165, 1.54) is 24.9 Å². The van der Waals surface area contributed by atoms with Crippen LogP contribution in [-0.4, -0.2) is 30.5 Å². The Bertz CT molecular complexity index is 294. The highest BCUT2D eigenvalue weighted by atomic mass is 15.1. The molecule has 1 aliphatic heterocycles. The van der Waals surface area contributed by atoms with Crippen molar-refractivity contribution in [2.24, 2.45) is 0 Å². The molecular weight excluding hydrogens is 174 g/mol. The fraction of sp³-hybridized carbons (Fsp3) is 0.545. The van der Waals surface area contributed by atoms with Crippen LogP contribution in [0.2, 0.25) is 0 Å². The monoisotopic (exact) mass is 191 g/mol. The predicted molar refractivity (Wildman–Crippen MR) is 58.4 cm³/mol. The van der Waals surface area contributed by atoms with E-state index < -0.39 is 0 Å². The van der Waals surface area contributed by atoms with E-state index in [1.807, 2.05) is 19.3 Å². The van der Waals surface area contributed by atoms with Crippen LogP contribution in [0.3, 0.4) is 0 Å². The van der Waals surface area contributed by atoms with Crippen LogP contribution < -0.4 is 5.32 Å². The lowest BCUT2D eigenvalue weighted by Crippen LogP contribution is -2.17. The Hall–Kier alpha value is -1.09. The van der Waals surface area contributed by atoms with Gasteiger partial charge in [0.15, 0.2) is 0 Å². The van der Waals surface area contributed by atoms with Crippen molar-refractivity contribution >= 4 is 5.82 Å². The second-order valence-electron chi connectivity index (χ2n) is 3.87. The molecule has 0 aliphatic carbocycles. The average Bonchev–Trinajstić information content (AvgIpc) is 2.65. The van der Waals surface area contributed by atoms with Crippen molar-refractivity contribution in [3.05, 3.63) is 23.9 Å². The topological polar surface area (TPSA) is 28.2 Å². The third kappa shape index (κ3) is 1.73. The minimum absolute atomic E-state index is 0.577. The van der Waals surface area contributed by atoms with Gasteiger partial charge in [0, 0.05) is 19.3 Å². The molecule has 1 aromatic heterocycles. The molecule has 0 amide bonds. The van der Waals surface area contributed by atoms with Crippen LogP contribution >= 0.6 is 0 Å². The third-order valence-electron chi connectivity index (χ3n) is 2.95. The summed E-state index contributed by atoms with van der Waals surface area (Å²) in [6.45, 7) is 1.21. The van der Waals surface area contributed by atoms with E-state index in [-0.39, 0.29) is 0 Å². The van der Waals surface area contributed by atoms with Crippen LogP contribution in [0, 0.1) is 0 Å². The van der Waals surface area contributed by atoms with Crippen molar-refractivity contribution in [2.45, 2.75) is 18.9 Å². The van der Waals surface area contributed by atoms with Crippen molar-refractivity contribution in [2.75, 3.05) is 26.0 Å². The van der Waals surface area contributed by atoms with Gasteiger partial charge in [0.2, 0.25) is 0 Å². The van der Waals surface area contributed by atoms with Crippen LogP contribution in [0.15, 0.2) is 18.3 Å². The van der Waals surface area contributed by atoms with Gasteiger partial charge in [0.1, 0.15) is 5.82 Å². The number of rotatable bonds is 2. The molecule has 1 atom stereocenters. The maximum absolute atomic E-state index is 4.34. The van der Waals surface area contributed by atoms with Crippen molar-refractivity contribution in [3.8, 4) is 0 Å². The number of nitrogens with one attached hydrogen (secondary N) is 1. The van der Waals surface area contributed by atoms with Gasteiger partial charge in [-0.25, -0.2) is 4.98 Å². The summed E-state index contributed by atoms with van der Waals surface area (Å²) in [7, 11) is 4.08. The molecule has 0 unspecified atom stereocenters. The largest absolute Gasteiger partial charge is 0.373 e. The first kappa shape index (κ1) is 9.46. The molecule has 3 heteroatoms. The Morgan fingerprint density at radius 3 is 2.86 bits per heavy atom. The second kappa shape index (κ2) is 3.96. The minimum Gasteiger partial charge on any atom is -0.373 e. The maximum Gasteiger partial charge on any atom is 0.125 e. The Kier molecular flexibility index (Phi) is 2.68. The van der Waals surface area contributed by atoms with E-state index in [1.54, 1.807) is 0 Å². The Morgan fingerprint density at radius 1 is 1.50 bits per heavy atom. The molecule has 0 saturated carbocycles. The number of nitrogens with zero attached hydrogens (tertiary/aromatic N) is 2. The molecular formula is C11H17N3. The SMILES string of the molecule is CNc1ccc([C@@H]2CCCN2C)cn1. The first-order chi connectivity index (χ1) is 6.81. The zero-order valence-electron chi connectivity index (χ0n) is 8.83. The molecule has 3 nitrogen and oxygen atoms in total. The lowest BCUT2D eigenvalue weighted by atomic mass is 10.1. The molecule has 1 aromatic rings. The molecule has 1 saturated heterocycles. The van der Waals surface area contributed by atoms with Crippen molar-refractivity contribution in [1.82, 2.24) is 9.88 Å². The number of hydrogen-bond donors (Lipinski definition) is 1. The molecule has 1 N–H and O–H groups in total. The van der Waals surface area contributed by atoms with E-state index >= 15 is 0 Å². The van der Waals surface area contributed by atoms with Crippen molar-refractivity contribution in [3.63, 3.8) is 0 Å². The summed E-state index contributed by atoms with van der Waals surface area (Å²) in [6, 6.07) is 4.79. The first-order valence-corrected chi connectivity index (χ1v) is 5.15. The van der Waals surface area contributed by atoms with E-state index in [4.69, 9.17) is 0 Å². The number of hydrogen-bond acceptors (Lipinski definition) is 3. The number of pyridine rings is 1. The lowest BCUT2D eigenvalue weighted by molar-refractivity contribution is 0.317. The summed E-state index contributed by atoms with van der Waals surface area (Å²) in [4.78, 5) is 6.74. The highest BCUT2D eigenvalue weighted by Gasteiger charge is 2.22. The lowest BCUT2D eigenvalue weighted by Gasteiger charge is -2.19. The van der Waals surface area contributed by atoms with E-state index in [0.29, 0.717) is 6.04 Å². The van der Waals surface area contributed by atoms with Crippen LogP contribution in [0.25, 0.3) is 0 Å². The Labute approximate surface area is 85.1 Å². The fourth-order valence-electron chi connectivity index (χ4n) is 2.08. The summed E-state index contributed by atoms with van der Waals surface area (Å²) in [5.74, 6) is 0.939. The zero-order chi connectivity index (χ0) is 9.97. The molecule has 1 fully saturated rings. The number of anilines is 1. The van der Waals surface area contributed by atoms with Gasteiger partial charge in [-0.15, -0.1) is 0 Å². The molecule has 0 bridgehead atoms. The number of aromatic nitrogens is 1. The fourth-order valence-corrected chi connectivity index (χ4v) is 2.08. The minimum atomic E-state index is 0.577. The smallest absolute Gasteiger partial charge is 0.125 e. The summed E-state index contributed by atoms with van der Waals surface area (Å²) in [5, 5.41) is 3.03. The van der Waals surface area contributed by atoms with Gasteiger partial charge in [-0.3, -0.25) is 4.90 Å². The highest BCUT2D eigenvalue weighted by molar-refractivity contribution is 5.35. The van der Waals surface area contributed by atoms with Crippen molar-refractivity contribution < 1.29 is 0 Å². The van der Waals surface area contributed by atoms with Gasteiger partial charge in [-0.05, 0) is 38.1 Å². The summed E-state index contributed by atoms with van der Waals surface area (Å²) >= 11 is 0. The highest BCUT2D eigenvalue weighted by Crippen LogP contribution is 2.29. The van der Waals surface area contributed by atoms with Gasteiger partial charge in [0.05, 0.1) is 0 Å². The van der Waals surface area contributed by atoms with Crippen LogP contribution in [0.5, 0.6) is 0 Å². The molecule has 2 rings (SSSR count). The van der Waals surface area contributed by atoms with Crippen LogP contribution in [-0.2, 0) is 0 Å². The Balaban J connectivity index is 2.16. The molecule has 14 heavy (non-hydrogen) atoms. The maximum atomic E-state index is 4.34.